The molecule has 0 heterocycles. The Kier molecular flexibility index (Phi) is 6.88. The SMILES string of the molecule is CCCOP(=O)(O)CCCOP(=O)(O)O. The van der Waals surface area contributed by atoms with Crippen LogP contribution >= 0.6 is 15.4 Å². The third-order valence-electron chi connectivity index (χ3n) is 1.34. The van der Waals surface area contributed by atoms with Gasteiger partial charge in [-0.25, -0.2) is 4.57 Å². The van der Waals surface area contributed by atoms with Crippen LogP contribution in [0.4, 0.5) is 0 Å². The average molecular weight is 262 g/mol. The molecule has 7 nitrogen and oxygen atoms in total. The number of phosphoric ester groups is 1. The van der Waals surface area contributed by atoms with Gasteiger partial charge in [0.1, 0.15) is 0 Å². The van der Waals surface area contributed by atoms with Crippen molar-refractivity contribution in [2.75, 3.05) is 19.4 Å². The second kappa shape index (κ2) is 6.76. The first-order valence-corrected chi connectivity index (χ1v) is 7.72. The smallest absolute Gasteiger partial charge is 0.324 e. The highest BCUT2D eigenvalue weighted by atomic mass is 31.2. The van der Waals surface area contributed by atoms with Crippen LogP contribution in [0.3, 0.4) is 0 Å². The third-order valence-corrected chi connectivity index (χ3v) is 3.33. The van der Waals surface area contributed by atoms with Crippen LogP contribution in [0.2, 0.25) is 0 Å². The van der Waals surface area contributed by atoms with E-state index in [0.29, 0.717) is 6.42 Å². The molecule has 9 heteroatoms. The molecule has 0 aliphatic heterocycles. The van der Waals surface area contributed by atoms with Gasteiger partial charge in [0.25, 0.3) is 0 Å². The van der Waals surface area contributed by atoms with E-state index < -0.39 is 15.4 Å². The summed E-state index contributed by atoms with van der Waals surface area (Å²) >= 11 is 0. The van der Waals surface area contributed by atoms with E-state index in [1.807, 2.05) is 0 Å². The fourth-order valence-corrected chi connectivity index (χ4v) is 2.24. The van der Waals surface area contributed by atoms with Gasteiger partial charge in [-0.3, -0.25) is 9.09 Å². The van der Waals surface area contributed by atoms with Gasteiger partial charge in [0.15, 0.2) is 0 Å². The van der Waals surface area contributed by atoms with Crippen molar-refractivity contribution in [1.29, 1.82) is 0 Å². The molecule has 92 valence electrons. The summed E-state index contributed by atoms with van der Waals surface area (Å²) in [5.41, 5.74) is 0. The summed E-state index contributed by atoms with van der Waals surface area (Å²) in [5, 5.41) is 0. The fraction of sp³-hybridized carbons (Fsp3) is 1.00. The Bertz CT molecular complexity index is 260. The van der Waals surface area contributed by atoms with Gasteiger partial charge in [-0.2, -0.15) is 0 Å². The van der Waals surface area contributed by atoms with Gasteiger partial charge < -0.3 is 19.2 Å². The summed E-state index contributed by atoms with van der Waals surface area (Å²) in [6, 6.07) is 0. The van der Waals surface area contributed by atoms with Crippen LogP contribution in [0.15, 0.2) is 0 Å². The van der Waals surface area contributed by atoms with Crippen LogP contribution in [0, 0.1) is 0 Å². The highest BCUT2D eigenvalue weighted by molar-refractivity contribution is 7.52. The third kappa shape index (κ3) is 10.5. The number of rotatable bonds is 8. The molecular formula is C6H16O7P2. The maximum absolute atomic E-state index is 11.2. The van der Waals surface area contributed by atoms with Crippen molar-refractivity contribution in [3.63, 3.8) is 0 Å². The zero-order valence-corrected chi connectivity index (χ0v) is 10.2. The first kappa shape index (κ1) is 15.3. The van der Waals surface area contributed by atoms with Gasteiger partial charge in [0.2, 0.25) is 0 Å². The monoisotopic (exact) mass is 262 g/mol. The Labute approximate surface area is 88.2 Å². The van der Waals surface area contributed by atoms with Crippen LogP contribution < -0.4 is 0 Å². The molecule has 0 radical (unpaired) electrons. The normalized spacial score (nSPS) is 16.3. The van der Waals surface area contributed by atoms with Gasteiger partial charge in [-0.15, -0.1) is 0 Å². The Morgan fingerprint density at radius 1 is 1.07 bits per heavy atom. The van der Waals surface area contributed by atoms with Crippen molar-refractivity contribution in [2.24, 2.45) is 0 Å². The lowest BCUT2D eigenvalue weighted by Crippen LogP contribution is -2.00. The molecule has 0 saturated heterocycles. The van der Waals surface area contributed by atoms with Crippen molar-refractivity contribution in [2.45, 2.75) is 19.8 Å². The molecule has 0 fully saturated rings. The quantitative estimate of drug-likeness (QED) is 0.443. The van der Waals surface area contributed by atoms with Crippen LogP contribution in [0.1, 0.15) is 19.8 Å². The van der Waals surface area contributed by atoms with E-state index in [0.717, 1.165) is 0 Å². The van der Waals surface area contributed by atoms with Crippen LogP contribution in [0.25, 0.3) is 0 Å². The van der Waals surface area contributed by atoms with Gasteiger partial charge in [0.05, 0.1) is 19.4 Å². The fourth-order valence-electron chi connectivity index (χ4n) is 0.746. The topological polar surface area (TPSA) is 113 Å². The van der Waals surface area contributed by atoms with Crippen molar-refractivity contribution < 1.29 is 32.9 Å². The lowest BCUT2D eigenvalue weighted by Gasteiger charge is -2.11. The molecule has 0 aliphatic carbocycles. The molecule has 15 heavy (non-hydrogen) atoms. The van der Waals surface area contributed by atoms with Gasteiger partial charge in [-0.1, -0.05) is 6.92 Å². The second-order valence-electron chi connectivity index (χ2n) is 2.87. The van der Waals surface area contributed by atoms with Crippen LogP contribution in [0.5, 0.6) is 0 Å². The molecule has 0 aromatic rings. The van der Waals surface area contributed by atoms with Gasteiger partial charge in [0, 0.05) is 0 Å². The minimum absolute atomic E-state index is 0.0581. The molecule has 0 spiro atoms. The molecular weight excluding hydrogens is 246 g/mol. The lowest BCUT2D eigenvalue weighted by atomic mass is 10.5. The number of hydrogen-bond acceptors (Lipinski definition) is 4. The summed E-state index contributed by atoms with van der Waals surface area (Å²) in [7, 11) is -8.11. The van der Waals surface area contributed by atoms with Crippen molar-refractivity contribution >= 4 is 15.4 Å². The van der Waals surface area contributed by atoms with E-state index >= 15 is 0 Å². The lowest BCUT2D eigenvalue weighted by molar-refractivity contribution is 0.194. The maximum atomic E-state index is 11.2. The van der Waals surface area contributed by atoms with E-state index in [2.05, 4.69) is 9.05 Å². The molecule has 0 aromatic heterocycles. The molecule has 1 unspecified atom stereocenters. The summed E-state index contributed by atoms with van der Waals surface area (Å²) in [6.07, 6.45) is 0.513. The van der Waals surface area contributed by atoms with E-state index in [-0.39, 0.29) is 25.8 Å². The summed E-state index contributed by atoms with van der Waals surface area (Å²) in [6.45, 7) is 1.72. The molecule has 0 saturated carbocycles. The largest absolute Gasteiger partial charge is 0.469 e. The Morgan fingerprint density at radius 3 is 2.13 bits per heavy atom. The van der Waals surface area contributed by atoms with Crippen molar-refractivity contribution in [3.05, 3.63) is 0 Å². The Balaban J connectivity index is 3.66. The number of phosphoric acid groups is 1. The summed E-state index contributed by atoms with van der Waals surface area (Å²) < 4.78 is 30.2. The van der Waals surface area contributed by atoms with E-state index in [1.165, 1.54) is 0 Å². The Hall–Kier alpha value is 0.260. The second-order valence-corrected chi connectivity index (χ2v) is 6.09. The van der Waals surface area contributed by atoms with Crippen LogP contribution in [-0.2, 0) is 18.2 Å². The first-order valence-electron chi connectivity index (χ1n) is 4.43. The molecule has 0 aromatic carbocycles. The van der Waals surface area contributed by atoms with Crippen LogP contribution in [-0.4, -0.2) is 34.1 Å². The van der Waals surface area contributed by atoms with Gasteiger partial charge in [-0.05, 0) is 12.8 Å². The standard InChI is InChI=1S/C6H16O7P2/c1-2-4-12-14(7,8)6-3-5-13-15(9,10)11/h2-6H2,1H3,(H,7,8)(H2,9,10,11). The molecule has 0 rings (SSSR count). The maximum Gasteiger partial charge on any atom is 0.469 e. The molecule has 0 amide bonds. The van der Waals surface area contributed by atoms with E-state index in [1.54, 1.807) is 6.92 Å². The highest BCUT2D eigenvalue weighted by Gasteiger charge is 2.19. The molecule has 0 aliphatic rings. The minimum Gasteiger partial charge on any atom is -0.324 e. The Morgan fingerprint density at radius 2 is 1.67 bits per heavy atom. The van der Waals surface area contributed by atoms with E-state index in [4.69, 9.17) is 14.7 Å². The average Bonchev–Trinajstić information content (AvgIpc) is 2.08. The summed E-state index contributed by atoms with van der Waals surface area (Å²) in [4.78, 5) is 25.8. The predicted octanol–water partition coefficient (Wildman–Crippen LogP) is 1.10. The predicted molar refractivity (Wildman–Crippen MR) is 53.5 cm³/mol. The molecule has 0 bridgehead atoms. The molecule has 3 N–H and O–H groups in total. The minimum atomic E-state index is -4.48. The summed E-state index contributed by atoms with van der Waals surface area (Å²) in [5.74, 6) is 0. The zero-order chi connectivity index (χ0) is 11.9. The van der Waals surface area contributed by atoms with Crippen molar-refractivity contribution in [1.82, 2.24) is 0 Å². The number of hydrogen-bond donors (Lipinski definition) is 3. The van der Waals surface area contributed by atoms with E-state index in [9.17, 15) is 9.13 Å². The zero-order valence-electron chi connectivity index (χ0n) is 8.40. The van der Waals surface area contributed by atoms with Crippen molar-refractivity contribution in [3.8, 4) is 0 Å². The molecule has 1 atom stereocenters. The first-order chi connectivity index (χ1) is 6.77. The highest BCUT2D eigenvalue weighted by Crippen LogP contribution is 2.43. The van der Waals surface area contributed by atoms with Gasteiger partial charge >= 0.3 is 15.4 Å².